The Hall–Kier alpha value is -2.18. The highest BCUT2D eigenvalue weighted by molar-refractivity contribution is 5.95. The van der Waals surface area contributed by atoms with Crippen molar-refractivity contribution in [2.24, 2.45) is 5.41 Å². The van der Waals surface area contributed by atoms with E-state index in [0.29, 0.717) is 18.7 Å². The first kappa shape index (κ1) is 18.6. The molecule has 3 heterocycles. The molecule has 6 heteroatoms. The molecule has 6 nitrogen and oxygen atoms in total. The number of nitrogens with zero attached hydrogens (tertiary/aromatic N) is 2. The number of rotatable bonds is 6. The number of nitrogens with one attached hydrogen (secondary N) is 2. The first-order chi connectivity index (χ1) is 12.6. The van der Waals surface area contributed by atoms with Crippen LogP contribution in [0, 0.1) is 19.3 Å². The van der Waals surface area contributed by atoms with Gasteiger partial charge in [0.15, 0.2) is 0 Å². The van der Waals surface area contributed by atoms with Gasteiger partial charge in [-0.05, 0) is 58.0 Å². The van der Waals surface area contributed by atoms with E-state index in [1.807, 2.05) is 42.7 Å². The second-order valence-corrected chi connectivity index (χ2v) is 7.17. The molecule has 0 atom stereocenters. The summed E-state index contributed by atoms with van der Waals surface area (Å²) in [5, 5.41) is 6.52. The highest BCUT2D eigenvalue weighted by atomic mass is 16.5. The minimum absolute atomic E-state index is 0.0160. The molecular formula is C20H28N4O2. The van der Waals surface area contributed by atoms with Gasteiger partial charge in [-0.15, -0.1) is 0 Å². The van der Waals surface area contributed by atoms with E-state index in [0.717, 1.165) is 43.1 Å². The lowest BCUT2D eigenvalue weighted by Gasteiger charge is -2.37. The highest BCUT2D eigenvalue weighted by Gasteiger charge is 2.33. The van der Waals surface area contributed by atoms with Crippen molar-refractivity contribution in [1.82, 2.24) is 20.2 Å². The molecule has 0 aromatic carbocycles. The van der Waals surface area contributed by atoms with Crippen molar-refractivity contribution in [1.29, 1.82) is 0 Å². The van der Waals surface area contributed by atoms with Crippen LogP contribution in [0.1, 0.15) is 34.6 Å². The number of carbonyl (C=O) groups excluding carboxylic acids is 1. The maximum atomic E-state index is 12.9. The molecule has 1 amide bonds. The van der Waals surface area contributed by atoms with Crippen molar-refractivity contribution in [3.05, 3.63) is 47.4 Å². The second-order valence-electron chi connectivity index (χ2n) is 7.17. The molecule has 0 spiro atoms. The van der Waals surface area contributed by atoms with Gasteiger partial charge in [0.1, 0.15) is 5.82 Å². The SMILES string of the molecule is COCC1(CNC(=O)c2cc(C)n(-c3ccccn3)c2C)CCNCC1. The Labute approximate surface area is 155 Å². The lowest BCUT2D eigenvalue weighted by Crippen LogP contribution is -2.47. The van der Waals surface area contributed by atoms with E-state index in [4.69, 9.17) is 4.74 Å². The standard InChI is InChI=1S/C20H28N4O2/c1-15-12-17(16(2)24(15)18-6-4-5-9-22-18)19(25)23-13-20(14-26-3)7-10-21-11-8-20/h4-6,9,12,21H,7-8,10-11,13-14H2,1-3H3,(H,23,25). The van der Waals surface area contributed by atoms with Crippen LogP contribution in [-0.2, 0) is 4.74 Å². The van der Waals surface area contributed by atoms with Crippen LogP contribution in [0.25, 0.3) is 5.82 Å². The zero-order chi connectivity index (χ0) is 18.6. The van der Waals surface area contributed by atoms with Gasteiger partial charge in [-0.1, -0.05) is 6.07 Å². The van der Waals surface area contributed by atoms with Gasteiger partial charge in [0.05, 0.1) is 12.2 Å². The first-order valence-corrected chi connectivity index (χ1v) is 9.14. The van der Waals surface area contributed by atoms with Gasteiger partial charge in [-0.2, -0.15) is 0 Å². The normalized spacial score (nSPS) is 16.4. The first-order valence-electron chi connectivity index (χ1n) is 9.14. The van der Waals surface area contributed by atoms with Gasteiger partial charge in [-0.25, -0.2) is 4.98 Å². The maximum Gasteiger partial charge on any atom is 0.253 e. The summed E-state index contributed by atoms with van der Waals surface area (Å²) < 4.78 is 7.45. The van der Waals surface area contributed by atoms with E-state index in [-0.39, 0.29) is 11.3 Å². The van der Waals surface area contributed by atoms with Crippen LogP contribution in [0.3, 0.4) is 0 Å². The molecule has 3 rings (SSSR count). The monoisotopic (exact) mass is 356 g/mol. The number of carbonyl (C=O) groups is 1. The summed E-state index contributed by atoms with van der Waals surface area (Å²) >= 11 is 0. The van der Waals surface area contributed by atoms with Crippen molar-refractivity contribution in [2.45, 2.75) is 26.7 Å². The molecule has 0 bridgehead atoms. The van der Waals surface area contributed by atoms with Gasteiger partial charge in [0.2, 0.25) is 0 Å². The van der Waals surface area contributed by atoms with E-state index in [1.165, 1.54) is 0 Å². The van der Waals surface area contributed by atoms with Gasteiger partial charge in [0.25, 0.3) is 5.91 Å². The number of pyridine rings is 1. The third kappa shape index (κ3) is 3.81. The van der Waals surface area contributed by atoms with E-state index in [2.05, 4.69) is 15.6 Å². The van der Waals surface area contributed by atoms with Crippen LogP contribution in [-0.4, -0.2) is 48.8 Å². The van der Waals surface area contributed by atoms with Crippen LogP contribution in [0.5, 0.6) is 0 Å². The Balaban J connectivity index is 1.76. The Morgan fingerprint density at radius 1 is 1.35 bits per heavy atom. The molecule has 2 N–H and O–H groups in total. The number of ether oxygens (including phenoxy) is 1. The minimum atomic E-state index is -0.0331. The lowest BCUT2D eigenvalue weighted by molar-refractivity contribution is 0.0511. The lowest BCUT2D eigenvalue weighted by atomic mass is 9.79. The summed E-state index contributed by atoms with van der Waals surface area (Å²) in [4.78, 5) is 17.3. The molecule has 1 aliphatic heterocycles. The average Bonchev–Trinajstić information content (AvgIpc) is 2.96. The van der Waals surface area contributed by atoms with Crippen LogP contribution < -0.4 is 10.6 Å². The van der Waals surface area contributed by atoms with Gasteiger partial charge in [-0.3, -0.25) is 4.79 Å². The fraction of sp³-hybridized carbons (Fsp3) is 0.500. The average molecular weight is 356 g/mol. The Bertz CT molecular complexity index is 743. The van der Waals surface area contributed by atoms with Crippen molar-refractivity contribution >= 4 is 5.91 Å². The molecule has 0 radical (unpaired) electrons. The van der Waals surface area contributed by atoms with Crippen LogP contribution in [0.15, 0.2) is 30.5 Å². The molecule has 0 unspecified atom stereocenters. The molecule has 2 aromatic rings. The molecule has 1 saturated heterocycles. The topological polar surface area (TPSA) is 68.2 Å². The number of amides is 1. The highest BCUT2D eigenvalue weighted by Crippen LogP contribution is 2.28. The predicted octanol–water partition coefficient (Wildman–Crippen LogP) is 2.24. The smallest absolute Gasteiger partial charge is 0.253 e. The molecule has 1 fully saturated rings. The predicted molar refractivity (Wildman–Crippen MR) is 102 cm³/mol. The van der Waals surface area contributed by atoms with Gasteiger partial charge >= 0.3 is 0 Å². The van der Waals surface area contributed by atoms with E-state index in [1.54, 1.807) is 13.3 Å². The maximum absolute atomic E-state index is 12.9. The summed E-state index contributed by atoms with van der Waals surface area (Å²) in [5.41, 5.74) is 2.63. The zero-order valence-electron chi connectivity index (χ0n) is 15.8. The quantitative estimate of drug-likeness (QED) is 0.833. The van der Waals surface area contributed by atoms with Crippen LogP contribution in [0.4, 0.5) is 0 Å². The Kier molecular flexibility index (Phi) is 5.74. The molecular weight excluding hydrogens is 328 g/mol. The third-order valence-electron chi connectivity index (χ3n) is 5.29. The number of piperidine rings is 1. The third-order valence-corrected chi connectivity index (χ3v) is 5.29. The summed E-state index contributed by atoms with van der Waals surface area (Å²) in [6, 6.07) is 7.72. The van der Waals surface area contributed by atoms with E-state index in [9.17, 15) is 4.79 Å². The minimum Gasteiger partial charge on any atom is -0.384 e. The zero-order valence-corrected chi connectivity index (χ0v) is 15.8. The van der Waals surface area contributed by atoms with Crippen LogP contribution >= 0.6 is 0 Å². The van der Waals surface area contributed by atoms with E-state index < -0.39 is 0 Å². The van der Waals surface area contributed by atoms with Gasteiger partial charge < -0.3 is 19.9 Å². The summed E-state index contributed by atoms with van der Waals surface area (Å²) in [6.45, 7) is 7.20. The number of hydrogen-bond donors (Lipinski definition) is 2. The van der Waals surface area contributed by atoms with Crippen molar-refractivity contribution in [2.75, 3.05) is 33.4 Å². The molecule has 0 aliphatic carbocycles. The molecule has 1 aliphatic rings. The summed E-state index contributed by atoms with van der Waals surface area (Å²) in [7, 11) is 1.73. The second kappa shape index (κ2) is 8.01. The van der Waals surface area contributed by atoms with Crippen molar-refractivity contribution in [3.63, 3.8) is 0 Å². The Morgan fingerprint density at radius 2 is 2.12 bits per heavy atom. The molecule has 140 valence electrons. The Morgan fingerprint density at radius 3 is 2.77 bits per heavy atom. The van der Waals surface area contributed by atoms with Gasteiger partial charge in [0, 0.05) is 36.7 Å². The molecule has 26 heavy (non-hydrogen) atoms. The molecule has 2 aromatic heterocycles. The largest absolute Gasteiger partial charge is 0.384 e. The van der Waals surface area contributed by atoms with Crippen molar-refractivity contribution in [3.8, 4) is 5.82 Å². The number of hydrogen-bond acceptors (Lipinski definition) is 4. The van der Waals surface area contributed by atoms with Crippen LogP contribution in [0.2, 0.25) is 0 Å². The number of aryl methyl sites for hydroxylation is 1. The molecule has 0 saturated carbocycles. The number of aromatic nitrogens is 2. The summed E-state index contributed by atoms with van der Waals surface area (Å²) in [6.07, 6.45) is 3.78. The van der Waals surface area contributed by atoms with Crippen molar-refractivity contribution < 1.29 is 9.53 Å². The fourth-order valence-corrected chi connectivity index (χ4v) is 3.83. The van der Waals surface area contributed by atoms with E-state index >= 15 is 0 Å². The summed E-state index contributed by atoms with van der Waals surface area (Å²) in [5.74, 6) is 0.796. The fourth-order valence-electron chi connectivity index (χ4n) is 3.83. The number of methoxy groups -OCH3 is 1.